The van der Waals surface area contributed by atoms with Gasteiger partial charge in [0.15, 0.2) is 0 Å². The Morgan fingerprint density at radius 3 is 2.86 bits per heavy atom. The molecule has 1 heterocycles. The Morgan fingerprint density at radius 2 is 2.14 bits per heavy atom. The molecular weight excluding hydrogens is 287 g/mol. The summed E-state index contributed by atoms with van der Waals surface area (Å²) in [5, 5.41) is 3.94. The van der Waals surface area contributed by atoms with Gasteiger partial charge in [-0.3, -0.25) is 4.98 Å². The number of halogens is 2. The molecule has 4 heteroatoms. The van der Waals surface area contributed by atoms with Crippen LogP contribution in [0.15, 0.2) is 36.5 Å². The minimum absolute atomic E-state index is 0.128. The lowest BCUT2D eigenvalue weighted by Gasteiger charge is -2.20. The van der Waals surface area contributed by atoms with Gasteiger partial charge in [0.1, 0.15) is 5.82 Å². The Kier molecular flexibility index (Phi) is 5.71. The summed E-state index contributed by atoms with van der Waals surface area (Å²) < 4.78 is 14.1. The molecule has 1 aromatic heterocycles. The fourth-order valence-corrected chi connectivity index (χ4v) is 2.50. The second kappa shape index (κ2) is 7.53. The second-order valence-corrected chi connectivity index (χ2v) is 5.58. The Bertz CT molecular complexity index is 601. The number of hydrogen-bond donors (Lipinski definition) is 1. The average molecular weight is 307 g/mol. The molecule has 0 spiro atoms. The van der Waals surface area contributed by atoms with Crippen LogP contribution in [0.2, 0.25) is 5.02 Å². The van der Waals surface area contributed by atoms with E-state index in [9.17, 15) is 4.39 Å². The molecule has 0 aliphatic carbocycles. The van der Waals surface area contributed by atoms with E-state index in [1.807, 2.05) is 19.1 Å². The molecule has 0 bridgehead atoms. The molecule has 2 rings (SSSR count). The number of aromatic nitrogens is 1. The van der Waals surface area contributed by atoms with Gasteiger partial charge in [-0.1, -0.05) is 24.6 Å². The van der Waals surface area contributed by atoms with Gasteiger partial charge in [0, 0.05) is 34.9 Å². The summed E-state index contributed by atoms with van der Waals surface area (Å²) in [7, 11) is 0. The summed E-state index contributed by atoms with van der Waals surface area (Å²) in [5.74, 6) is -0.235. The first kappa shape index (κ1) is 15.9. The van der Waals surface area contributed by atoms with E-state index in [2.05, 4.69) is 17.2 Å². The van der Waals surface area contributed by atoms with Gasteiger partial charge in [0.2, 0.25) is 0 Å². The van der Waals surface area contributed by atoms with E-state index < -0.39 is 0 Å². The van der Waals surface area contributed by atoms with Crippen molar-refractivity contribution < 1.29 is 4.39 Å². The zero-order valence-corrected chi connectivity index (χ0v) is 13.1. The van der Waals surface area contributed by atoms with Crippen LogP contribution < -0.4 is 5.32 Å². The van der Waals surface area contributed by atoms with Crippen LogP contribution >= 0.6 is 11.6 Å². The minimum Gasteiger partial charge on any atom is -0.310 e. The fraction of sp³-hybridized carbons (Fsp3) is 0.353. The highest BCUT2D eigenvalue weighted by Gasteiger charge is 2.17. The van der Waals surface area contributed by atoms with Crippen molar-refractivity contribution in [3.63, 3.8) is 0 Å². The van der Waals surface area contributed by atoms with Crippen molar-refractivity contribution in [3.8, 4) is 0 Å². The largest absolute Gasteiger partial charge is 0.310 e. The molecule has 0 aliphatic heterocycles. The van der Waals surface area contributed by atoms with Crippen LogP contribution in [0.3, 0.4) is 0 Å². The van der Waals surface area contributed by atoms with Crippen LogP contribution in [0.5, 0.6) is 0 Å². The summed E-state index contributed by atoms with van der Waals surface area (Å²) in [5.41, 5.74) is 2.69. The molecular formula is C17H20ClFN2. The lowest BCUT2D eigenvalue weighted by atomic mass is 9.99. The first-order valence-electron chi connectivity index (χ1n) is 7.20. The molecule has 0 fully saturated rings. The van der Waals surface area contributed by atoms with Gasteiger partial charge in [-0.05, 0) is 49.7 Å². The Morgan fingerprint density at radius 1 is 1.33 bits per heavy atom. The molecule has 21 heavy (non-hydrogen) atoms. The minimum atomic E-state index is -0.235. The van der Waals surface area contributed by atoms with Crippen molar-refractivity contribution >= 4 is 11.6 Å². The van der Waals surface area contributed by atoms with Crippen molar-refractivity contribution in [1.82, 2.24) is 10.3 Å². The van der Waals surface area contributed by atoms with Gasteiger partial charge < -0.3 is 5.32 Å². The third-order valence-corrected chi connectivity index (χ3v) is 3.72. The maximum Gasteiger partial charge on any atom is 0.128 e. The lowest BCUT2D eigenvalue weighted by molar-refractivity contribution is 0.493. The number of nitrogens with zero attached hydrogens (tertiary/aromatic N) is 1. The van der Waals surface area contributed by atoms with Gasteiger partial charge in [0.25, 0.3) is 0 Å². The highest BCUT2D eigenvalue weighted by Crippen LogP contribution is 2.25. The van der Waals surface area contributed by atoms with Crippen molar-refractivity contribution in [3.05, 3.63) is 64.2 Å². The van der Waals surface area contributed by atoms with Crippen molar-refractivity contribution in [2.45, 2.75) is 32.7 Å². The third-order valence-electron chi connectivity index (χ3n) is 3.49. The van der Waals surface area contributed by atoms with Crippen LogP contribution in [0, 0.1) is 12.7 Å². The lowest BCUT2D eigenvalue weighted by Crippen LogP contribution is -2.25. The molecule has 0 aliphatic rings. The highest BCUT2D eigenvalue weighted by atomic mass is 35.5. The number of benzene rings is 1. The van der Waals surface area contributed by atoms with Gasteiger partial charge in [-0.25, -0.2) is 4.39 Å². The average Bonchev–Trinajstić information content (AvgIpc) is 2.48. The monoisotopic (exact) mass is 306 g/mol. The number of rotatable bonds is 6. The van der Waals surface area contributed by atoms with Gasteiger partial charge in [-0.15, -0.1) is 0 Å². The summed E-state index contributed by atoms with van der Waals surface area (Å²) in [6, 6.07) is 8.49. The van der Waals surface area contributed by atoms with Crippen molar-refractivity contribution in [2.75, 3.05) is 6.54 Å². The van der Waals surface area contributed by atoms with E-state index in [1.165, 1.54) is 6.07 Å². The van der Waals surface area contributed by atoms with E-state index in [-0.39, 0.29) is 11.9 Å². The summed E-state index contributed by atoms with van der Waals surface area (Å²) in [6.07, 6.45) is 3.40. The van der Waals surface area contributed by atoms with Crippen molar-refractivity contribution in [1.29, 1.82) is 0 Å². The third kappa shape index (κ3) is 4.26. The van der Waals surface area contributed by atoms with Crippen LogP contribution in [0.25, 0.3) is 0 Å². The van der Waals surface area contributed by atoms with Crippen molar-refractivity contribution in [2.24, 2.45) is 0 Å². The number of nitrogens with one attached hydrogen (secondary N) is 1. The van der Waals surface area contributed by atoms with Crippen LogP contribution in [-0.4, -0.2) is 11.5 Å². The Balaban J connectivity index is 2.30. The number of hydrogen-bond acceptors (Lipinski definition) is 2. The molecule has 2 nitrogen and oxygen atoms in total. The first-order valence-corrected chi connectivity index (χ1v) is 7.58. The predicted octanol–water partition coefficient (Wildman–Crippen LogP) is 4.47. The smallest absolute Gasteiger partial charge is 0.128 e. The summed E-state index contributed by atoms with van der Waals surface area (Å²) in [6.45, 7) is 4.93. The highest BCUT2D eigenvalue weighted by molar-refractivity contribution is 6.30. The molecule has 1 unspecified atom stereocenters. The molecule has 0 amide bonds. The SMILES string of the molecule is CCCNC(Cc1ncccc1C)c1cc(Cl)ccc1F. The van der Waals surface area contributed by atoms with E-state index in [0.717, 1.165) is 24.2 Å². The number of aryl methyl sites for hydroxylation is 1. The van der Waals surface area contributed by atoms with Gasteiger partial charge in [-0.2, -0.15) is 0 Å². The van der Waals surface area contributed by atoms with E-state index in [4.69, 9.17) is 11.6 Å². The summed E-state index contributed by atoms with van der Waals surface area (Å²) in [4.78, 5) is 4.41. The topological polar surface area (TPSA) is 24.9 Å². The van der Waals surface area contributed by atoms with E-state index in [0.29, 0.717) is 17.0 Å². The molecule has 1 atom stereocenters. The molecule has 112 valence electrons. The Hall–Kier alpha value is -1.45. The fourth-order valence-electron chi connectivity index (χ4n) is 2.32. The zero-order chi connectivity index (χ0) is 15.2. The normalized spacial score (nSPS) is 12.4. The molecule has 0 radical (unpaired) electrons. The zero-order valence-electron chi connectivity index (χ0n) is 12.4. The van der Waals surface area contributed by atoms with Gasteiger partial charge in [0.05, 0.1) is 0 Å². The van der Waals surface area contributed by atoms with E-state index >= 15 is 0 Å². The van der Waals surface area contributed by atoms with E-state index in [1.54, 1.807) is 18.3 Å². The maximum absolute atomic E-state index is 14.1. The molecule has 0 saturated heterocycles. The summed E-state index contributed by atoms with van der Waals surface area (Å²) >= 11 is 6.02. The Labute approximate surface area is 130 Å². The molecule has 0 saturated carbocycles. The predicted molar refractivity (Wildman–Crippen MR) is 85.1 cm³/mol. The standard InChI is InChI=1S/C17H20ClFN2/c1-3-8-20-17(11-16-12(2)5-4-9-21-16)14-10-13(18)6-7-15(14)19/h4-7,9-10,17,20H,3,8,11H2,1-2H3. The first-order chi connectivity index (χ1) is 10.1. The van der Waals surface area contributed by atoms with Crippen LogP contribution in [0.4, 0.5) is 4.39 Å². The van der Waals surface area contributed by atoms with Crippen LogP contribution in [-0.2, 0) is 6.42 Å². The second-order valence-electron chi connectivity index (χ2n) is 5.14. The molecule has 2 aromatic rings. The van der Waals surface area contributed by atoms with Gasteiger partial charge >= 0.3 is 0 Å². The maximum atomic E-state index is 14.1. The number of pyridine rings is 1. The quantitative estimate of drug-likeness (QED) is 0.852. The van der Waals surface area contributed by atoms with Crippen LogP contribution in [0.1, 0.15) is 36.2 Å². The molecule has 1 aromatic carbocycles. The molecule has 1 N–H and O–H groups in total.